The van der Waals surface area contributed by atoms with Crippen LogP contribution >= 0.6 is 0 Å². The Balaban J connectivity index is 1.75. The topological polar surface area (TPSA) is 29.5 Å². The Morgan fingerprint density at radius 3 is 2.45 bits per heavy atom. The highest BCUT2D eigenvalue weighted by Crippen LogP contribution is 2.57. The number of methoxy groups -OCH3 is 1. The van der Waals surface area contributed by atoms with E-state index in [1.54, 1.807) is 7.11 Å². The maximum Gasteiger partial charge on any atom is 0.127 e. The average Bonchev–Trinajstić information content (AvgIpc) is 3.48. The fourth-order valence-electron chi connectivity index (χ4n) is 4.52. The van der Waals surface area contributed by atoms with Crippen molar-refractivity contribution in [1.82, 2.24) is 0 Å². The molecule has 0 radical (unpaired) electrons. The molecule has 1 saturated carbocycles. The highest BCUT2D eigenvalue weighted by Gasteiger charge is 2.41. The minimum absolute atomic E-state index is 0.265. The van der Waals surface area contributed by atoms with Crippen molar-refractivity contribution in [2.24, 2.45) is 5.92 Å². The van der Waals surface area contributed by atoms with Gasteiger partial charge in [0.2, 0.25) is 0 Å². The first kappa shape index (κ1) is 19.6. The molecule has 4 rings (SSSR count). The fourth-order valence-corrected chi connectivity index (χ4v) is 4.52. The number of rotatable bonds is 4. The summed E-state index contributed by atoms with van der Waals surface area (Å²) in [6.07, 6.45) is 10.3. The third-order valence-corrected chi connectivity index (χ3v) is 6.20. The van der Waals surface area contributed by atoms with E-state index in [1.807, 2.05) is 6.08 Å². The zero-order valence-electron chi connectivity index (χ0n) is 17.8. The number of hydrogen-bond acceptors (Lipinski definition) is 2. The van der Waals surface area contributed by atoms with Crippen molar-refractivity contribution < 1.29 is 9.84 Å². The lowest BCUT2D eigenvalue weighted by Crippen LogP contribution is -2.05. The van der Waals surface area contributed by atoms with E-state index < -0.39 is 0 Å². The molecule has 29 heavy (non-hydrogen) atoms. The number of allylic oxidation sites excluding steroid dienone is 6. The quantitative estimate of drug-likeness (QED) is 0.627. The van der Waals surface area contributed by atoms with Crippen LogP contribution in [0.15, 0.2) is 66.5 Å². The Morgan fingerprint density at radius 2 is 1.72 bits per heavy atom. The second-order valence-electron chi connectivity index (χ2n) is 8.52. The van der Waals surface area contributed by atoms with E-state index in [-0.39, 0.29) is 5.92 Å². The Hall–Kier alpha value is -2.74. The zero-order valence-corrected chi connectivity index (χ0v) is 17.8. The maximum atomic E-state index is 11.3. The Labute approximate surface area is 174 Å². The number of aromatic hydroxyl groups is 1. The third kappa shape index (κ3) is 3.89. The third-order valence-electron chi connectivity index (χ3n) is 6.20. The second-order valence-corrected chi connectivity index (χ2v) is 8.52. The van der Waals surface area contributed by atoms with E-state index in [9.17, 15) is 5.11 Å². The Morgan fingerprint density at radius 1 is 0.966 bits per heavy atom. The van der Waals surface area contributed by atoms with Gasteiger partial charge >= 0.3 is 0 Å². The minimum atomic E-state index is 0.265. The van der Waals surface area contributed by atoms with Crippen molar-refractivity contribution in [2.45, 2.75) is 45.4 Å². The van der Waals surface area contributed by atoms with Gasteiger partial charge in [0.15, 0.2) is 0 Å². The summed E-state index contributed by atoms with van der Waals surface area (Å²) >= 11 is 0. The van der Waals surface area contributed by atoms with E-state index in [1.165, 1.54) is 16.7 Å². The van der Waals surface area contributed by atoms with E-state index >= 15 is 0 Å². The summed E-state index contributed by atoms with van der Waals surface area (Å²) in [5.74, 6) is 2.46. The van der Waals surface area contributed by atoms with E-state index in [0.29, 0.717) is 17.6 Å². The van der Waals surface area contributed by atoms with E-state index in [4.69, 9.17) is 4.74 Å². The van der Waals surface area contributed by atoms with Crippen molar-refractivity contribution in [2.75, 3.05) is 7.11 Å². The molecule has 2 aromatic rings. The van der Waals surface area contributed by atoms with Gasteiger partial charge in [0, 0.05) is 17.1 Å². The lowest BCUT2D eigenvalue weighted by Gasteiger charge is -2.20. The summed E-state index contributed by atoms with van der Waals surface area (Å²) in [5.41, 5.74) is 6.75. The SMILES string of the molecule is COC1=C(c2cc(C)cc(C3CC3c3ccc(C)cc3)c2O)C=CC=CCC1C. The first-order valence-corrected chi connectivity index (χ1v) is 10.5. The molecule has 0 heterocycles. The molecule has 2 nitrogen and oxygen atoms in total. The molecular formula is C27H30O2. The highest BCUT2D eigenvalue weighted by molar-refractivity contribution is 5.81. The molecular weight excluding hydrogens is 356 g/mol. The normalized spacial score (nSPS) is 23.7. The van der Waals surface area contributed by atoms with E-state index in [2.05, 4.69) is 75.4 Å². The molecule has 2 aromatic carbocycles. The molecule has 0 spiro atoms. The van der Waals surface area contributed by atoms with Crippen LogP contribution in [0.2, 0.25) is 0 Å². The van der Waals surface area contributed by atoms with Crippen LogP contribution in [0.1, 0.15) is 59.4 Å². The van der Waals surface area contributed by atoms with Crippen LogP contribution in [0.5, 0.6) is 5.75 Å². The number of benzene rings is 2. The smallest absolute Gasteiger partial charge is 0.127 e. The summed E-state index contributed by atoms with van der Waals surface area (Å²) in [4.78, 5) is 0. The van der Waals surface area contributed by atoms with Crippen molar-refractivity contribution in [1.29, 1.82) is 0 Å². The molecule has 3 atom stereocenters. The second kappa shape index (κ2) is 7.94. The van der Waals surface area contributed by atoms with Gasteiger partial charge in [-0.2, -0.15) is 0 Å². The van der Waals surface area contributed by atoms with Crippen LogP contribution in [-0.4, -0.2) is 12.2 Å². The van der Waals surface area contributed by atoms with Gasteiger partial charge < -0.3 is 9.84 Å². The maximum absolute atomic E-state index is 11.3. The summed E-state index contributed by atoms with van der Waals surface area (Å²) in [6, 6.07) is 13.0. The van der Waals surface area contributed by atoms with Crippen molar-refractivity contribution in [3.63, 3.8) is 0 Å². The lowest BCUT2D eigenvalue weighted by molar-refractivity contribution is 0.250. The molecule has 0 aliphatic heterocycles. The van der Waals surface area contributed by atoms with Crippen LogP contribution in [0.4, 0.5) is 0 Å². The molecule has 150 valence electrons. The predicted octanol–water partition coefficient (Wildman–Crippen LogP) is 6.79. The standard InChI is InChI=1S/C27H30O2/c1-17-10-12-20(13-11-17)22-16-23(22)25-15-18(2)14-24(26(25)28)21-9-7-5-6-8-19(3)27(21)29-4/h5-7,9-15,19,22-23,28H,8,16H2,1-4H3. The summed E-state index contributed by atoms with van der Waals surface area (Å²) in [6.45, 7) is 6.40. The van der Waals surface area contributed by atoms with Crippen molar-refractivity contribution >= 4 is 5.57 Å². The first-order chi connectivity index (χ1) is 14.0. The fraction of sp³-hybridized carbons (Fsp3) is 0.333. The summed E-state index contributed by atoms with van der Waals surface area (Å²) in [5, 5.41) is 11.3. The molecule has 2 aliphatic rings. The van der Waals surface area contributed by atoms with Gasteiger partial charge in [-0.25, -0.2) is 0 Å². The van der Waals surface area contributed by atoms with Gasteiger partial charge in [0.05, 0.1) is 7.11 Å². The monoisotopic (exact) mass is 386 g/mol. The highest BCUT2D eigenvalue weighted by atomic mass is 16.5. The first-order valence-electron chi connectivity index (χ1n) is 10.5. The number of ether oxygens (including phenoxy) is 1. The molecule has 0 saturated heterocycles. The molecule has 0 bridgehead atoms. The number of phenolic OH excluding ortho intramolecular Hbond substituents is 1. The number of hydrogen-bond donors (Lipinski definition) is 1. The van der Waals surface area contributed by atoms with Gasteiger partial charge in [0.1, 0.15) is 11.5 Å². The van der Waals surface area contributed by atoms with Crippen LogP contribution < -0.4 is 0 Å². The molecule has 2 heteroatoms. The zero-order chi connectivity index (χ0) is 20.5. The Bertz CT molecular complexity index is 992. The Kier molecular flexibility index (Phi) is 5.36. The van der Waals surface area contributed by atoms with Gasteiger partial charge in [-0.05, 0) is 61.3 Å². The van der Waals surface area contributed by atoms with Gasteiger partial charge in [-0.15, -0.1) is 0 Å². The van der Waals surface area contributed by atoms with Crippen molar-refractivity contribution in [3.8, 4) is 5.75 Å². The molecule has 0 amide bonds. The van der Waals surface area contributed by atoms with E-state index in [0.717, 1.165) is 35.3 Å². The average molecular weight is 387 g/mol. The van der Waals surface area contributed by atoms with Crippen LogP contribution in [-0.2, 0) is 4.74 Å². The number of phenols is 1. The largest absolute Gasteiger partial charge is 0.507 e. The van der Waals surface area contributed by atoms with Gasteiger partial charge in [-0.1, -0.05) is 67.1 Å². The van der Waals surface area contributed by atoms with Crippen LogP contribution in [0.3, 0.4) is 0 Å². The molecule has 3 unspecified atom stereocenters. The molecule has 0 aromatic heterocycles. The number of aryl methyl sites for hydroxylation is 2. The molecule has 1 fully saturated rings. The van der Waals surface area contributed by atoms with Gasteiger partial charge in [0.25, 0.3) is 0 Å². The lowest BCUT2D eigenvalue weighted by atomic mass is 9.90. The van der Waals surface area contributed by atoms with Crippen LogP contribution in [0.25, 0.3) is 5.57 Å². The predicted molar refractivity (Wildman–Crippen MR) is 120 cm³/mol. The molecule has 2 aliphatic carbocycles. The van der Waals surface area contributed by atoms with Gasteiger partial charge in [-0.3, -0.25) is 0 Å². The summed E-state index contributed by atoms with van der Waals surface area (Å²) < 4.78 is 5.80. The minimum Gasteiger partial charge on any atom is -0.507 e. The van der Waals surface area contributed by atoms with Crippen molar-refractivity contribution in [3.05, 3.63) is 94.3 Å². The summed E-state index contributed by atoms with van der Waals surface area (Å²) in [7, 11) is 1.73. The molecule has 1 N–H and O–H groups in total. The van der Waals surface area contributed by atoms with Crippen LogP contribution in [0, 0.1) is 19.8 Å².